The van der Waals surface area contributed by atoms with Gasteiger partial charge >= 0.3 is 5.97 Å². The first-order chi connectivity index (χ1) is 16.9. The van der Waals surface area contributed by atoms with Crippen molar-refractivity contribution in [2.75, 3.05) is 0 Å². The second-order valence-electron chi connectivity index (χ2n) is 13.7. The summed E-state index contributed by atoms with van der Waals surface area (Å²) in [6.45, 7) is 11.0. The van der Waals surface area contributed by atoms with Crippen LogP contribution in [0.4, 0.5) is 0 Å². The quantitative estimate of drug-likeness (QED) is 0.371. The maximum Gasteiger partial charge on any atom is 0.326 e. The van der Waals surface area contributed by atoms with Crippen LogP contribution in [0.5, 0.6) is 0 Å². The van der Waals surface area contributed by atoms with E-state index in [9.17, 15) is 24.9 Å². The average Bonchev–Trinajstić information content (AvgIpc) is 3.19. The molecule has 36 heavy (non-hydrogen) atoms. The number of carbonyl (C=O) groups is 2. The van der Waals surface area contributed by atoms with Crippen molar-refractivity contribution in [2.45, 2.75) is 123 Å². The summed E-state index contributed by atoms with van der Waals surface area (Å²) < 4.78 is 0. The van der Waals surface area contributed by atoms with Gasteiger partial charge in [0.1, 0.15) is 6.04 Å². The molecule has 4 rings (SSSR count). The lowest BCUT2D eigenvalue weighted by Crippen LogP contribution is -2.58. The molecule has 6 heteroatoms. The Morgan fingerprint density at radius 2 is 1.61 bits per heavy atom. The summed E-state index contributed by atoms with van der Waals surface area (Å²) >= 11 is 0. The Bertz CT molecular complexity index is 817. The van der Waals surface area contributed by atoms with E-state index in [1.807, 2.05) is 13.8 Å². The Balaban J connectivity index is 1.40. The van der Waals surface area contributed by atoms with Crippen molar-refractivity contribution >= 4 is 11.9 Å². The number of carbonyl (C=O) groups excluding carboxylic acids is 1. The fourth-order valence-electron chi connectivity index (χ4n) is 9.74. The second kappa shape index (κ2) is 10.6. The predicted molar refractivity (Wildman–Crippen MR) is 140 cm³/mol. The van der Waals surface area contributed by atoms with Crippen LogP contribution in [0.25, 0.3) is 0 Å². The van der Waals surface area contributed by atoms with Crippen molar-refractivity contribution in [2.24, 2.45) is 52.3 Å². The van der Waals surface area contributed by atoms with E-state index in [0.717, 1.165) is 32.1 Å². The van der Waals surface area contributed by atoms with E-state index < -0.39 is 12.0 Å². The molecule has 0 spiro atoms. The molecule has 4 N–H and O–H groups in total. The van der Waals surface area contributed by atoms with Crippen molar-refractivity contribution in [1.82, 2.24) is 5.32 Å². The van der Waals surface area contributed by atoms with Crippen LogP contribution >= 0.6 is 0 Å². The third-order valence-electron chi connectivity index (χ3n) is 12.0. The predicted octanol–water partition coefficient (Wildman–Crippen LogP) is 5.01. The largest absolute Gasteiger partial charge is 0.480 e. The molecule has 0 saturated heterocycles. The molecule has 6 nitrogen and oxygen atoms in total. The maximum absolute atomic E-state index is 12.7. The molecule has 0 aliphatic heterocycles. The number of amides is 1. The van der Waals surface area contributed by atoms with Gasteiger partial charge < -0.3 is 20.6 Å². The summed E-state index contributed by atoms with van der Waals surface area (Å²) in [5.41, 5.74) is 0.384. The third-order valence-corrected chi connectivity index (χ3v) is 12.0. The Hall–Kier alpha value is -1.14. The number of aliphatic hydroxyl groups excluding tert-OH is 2. The molecular formula is C30H51NO5. The van der Waals surface area contributed by atoms with Crippen LogP contribution in [0.3, 0.4) is 0 Å². The number of nitrogens with one attached hydrogen (secondary N) is 1. The van der Waals surface area contributed by atoms with Gasteiger partial charge in [-0.1, -0.05) is 41.0 Å². The average molecular weight is 506 g/mol. The van der Waals surface area contributed by atoms with Crippen molar-refractivity contribution in [3.63, 3.8) is 0 Å². The molecule has 4 fully saturated rings. The molecule has 0 bridgehead atoms. The molecule has 0 aromatic heterocycles. The van der Waals surface area contributed by atoms with Gasteiger partial charge in [0.05, 0.1) is 12.2 Å². The molecule has 0 unspecified atom stereocenters. The summed E-state index contributed by atoms with van der Waals surface area (Å²) in [6.07, 6.45) is 9.69. The SMILES string of the molecule is CC[C@@H](C)[C@H](NC(=O)CC[C@@H](C)[C@H]1CC[C@H]2[C@@H]3C[C@H](O)[C@@H]4C[C@H](O)CC[C@]4(C)[C@H]3CC[C@]12C)C(=O)O. The topological polar surface area (TPSA) is 107 Å². The standard InChI is InChI=1S/C30H51NO5/c1-6-17(2)27(28(35)36)31-26(34)10-7-18(3)21-8-9-22-20-16-25(33)24-15-19(32)11-13-30(24,5)23(20)12-14-29(21,22)4/h17-25,27,32-33H,6-16H2,1-5H3,(H,31,34)(H,35,36)/t17-,18-,19-,20+,21-,22+,23+,24+,25+,27+,29-,30-/m1/s1. The maximum atomic E-state index is 12.7. The van der Waals surface area contributed by atoms with Crippen LogP contribution in [0, 0.1) is 52.3 Å². The van der Waals surface area contributed by atoms with Gasteiger partial charge in [0, 0.05) is 6.42 Å². The molecular weight excluding hydrogens is 454 g/mol. The first-order valence-electron chi connectivity index (χ1n) is 14.8. The van der Waals surface area contributed by atoms with Crippen molar-refractivity contribution in [3.8, 4) is 0 Å². The number of hydrogen-bond acceptors (Lipinski definition) is 4. The summed E-state index contributed by atoms with van der Waals surface area (Å²) in [4.78, 5) is 24.3. The number of aliphatic hydroxyl groups is 2. The van der Waals surface area contributed by atoms with E-state index in [0.29, 0.717) is 42.4 Å². The summed E-state index contributed by atoms with van der Waals surface area (Å²) in [5.74, 6) is 1.84. The zero-order valence-corrected chi connectivity index (χ0v) is 23.2. The number of carboxylic acids is 1. The highest BCUT2D eigenvalue weighted by molar-refractivity contribution is 5.83. The Labute approximate surface area is 218 Å². The lowest BCUT2D eigenvalue weighted by atomic mass is 9.44. The van der Waals surface area contributed by atoms with Crippen molar-refractivity contribution < 1.29 is 24.9 Å². The molecule has 206 valence electrons. The normalized spacial score (nSPS) is 44.5. The van der Waals surface area contributed by atoms with Gasteiger partial charge in [0.2, 0.25) is 5.91 Å². The van der Waals surface area contributed by atoms with Gasteiger partial charge in [-0.25, -0.2) is 4.79 Å². The van der Waals surface area contributed by atoms with E-state index in [-0.39, 0.29) is 40.8 Å². The number of fused-ring (bicyclic) bond motifs is 5. The van der Waals surface area contributed by atoms with Gasteiger partial charge in [-0.2, -0.15) is 0 Å². The summed E-state index contributed by atoms with van der Waals surface area (Å²) in [5, 5.41) is 33.8. The first kappa shape index (κ1) is 27.9. The van der Waals surface area contributed by atoms with Crippen LogP contribution in [-0.4, -0.2) is 45.4 Å². The van der Waals surface area contributed by atoms with Gasteiger partial charge in [-0.15, -0.1) is 0 Å². The summed E-state index contributed by atoms with van der Waals surface area (Å²) in [6, 6.07) is -0.815. The van der Waals surface area contributed by atoms with Crippen LogP contribution in [0.15, 0.2) is 0 Å². The fraction of sp³-hybridized carbons (Fsp3) is 0.933. The highest BCUT2D eigenvalue weighted by atomic mass is 16.4. The van der Waals surface area contributed by atoms with Gasteiger partial charge in [0.25, 0.3) is 0 Å². The molecule has 1 amide bonds. The smallest absolute Gasteiger partial charge is 0.326 e. The number of aliphatic carboxylic acids is 1. The van der Waals surface area contributed by atoms with Crippen LogP contribution < -0.4 is 5.32 Å². The van der Waals surface area contributed by atoms with Gasteiger partial charge in [-0.05, 0) is 110 Å². The van der Waals surface area contributed by atoms with Gasteiger partial charge in [-0.3, -0.25) is 4.79 Å². The number of rotatable bonds is 8. The molecule has 4 saturated carbocycles. The minimum absolute atomic E-state index is 0.0895. The molecule has 4 aliphatic carbocycles. The summed E-state index contributed by atoms with van der Waals surface area (Å²) in [7, 11) is 0. The highest BCUT2D eigenvalue weighted by Crippen LogP contribution is 2.68. The Morgan fingerprint density at radius 3 is 2.28 bits per heavy atom. The highest BCUT2D eigenvalue weighted by Gasteiger charge is 2.62. The minimum Gasteiger partial charge on any atom is -0.480 e. The van der Waals surface area contributed by atoms with E-state index in [2.05, 4.69) is 26.1 Å². The fourth-order valence-corrected chi connectivity index (χ4v) is 9.74. The number of carboxylic acid groups (broad SMARTS) is 1. The molecule has 0 radical (unpaired) electrons. The monoisotopic (exact) mass is 505 g/mol. The van der Waals surface area contributed by atoms with Crippen LogP contribution in [0.2, 0.25) is 0 Å². The van der Waals surface area contributed by atoms with E-state index in [4.69, 9.17) is 0 Å². The molecule has 12 atom stereocenters. The van der Waals surface area contributed by atoms with E-state index in [1.165, 1.54) is 25.7 Å². The third kappa shape index (κ3) is 4.86. The van der Waals surface area contributed by atoms with Crippen molar-refractivity contribution in [3.05, 3.63) is 0 Å². The van der Waals surface area contributed by atoms with Gasteiger partial charge in [0.15, 0.2) is 0 Å². The zero-order chi connectivity index (χ0) is 26.4. The van der Waals surface area contributed by atoms with E-state index >= 15 is 0 Å². The minimum atomic E-state index is -0.952. The molecule has 4 aliphatic rings. The first-order valence-corrected chi connectivity index (χ1v) is 14.8. The zero-order valence-electron chi connectivity index (χ0n) is 23.2. The lowest BCUT2D eigenvalue weighted by molar-refractivity contribution is -0.172. The second-order valence-corrected chi connectivity index (χ2v) is 13.7. The lowest BCUT2D eigenvalue weighted by Gasteiger charge is -2.62. The molecule has 0 heterocycles. The molecule has 0 aromatic rings. The Kier molecular flexibility index (Phi) is 8.17. The van der Waals surface area contributed by atoms with E-state index in [1.54, 1.807) is 0 Å². The van der Waals surface area contributed by atoms with Crippen LogP contribution in [0.1, 0.15) is 105 Å². The van der Waals surface area contributed by atoms with Crippen LogP contribution in [-0.2, 0) is 9.59 Å². The Morgan fingerprint density at radius 1 is 0.944 bits per heavy atom. The number of hydrogen-bond donors (Lipinski definition) is 4. The molecule has 0 aromatic carbocycles. The van der Waals surface area contributed by atoms with Crippen molar-refractivity contribution in [1.29, 1.82) is 0 Å².